The largest absolute Gasteiger partial charge is 0.293 e. The highest BCUT2D eigenvalue weighted by molar-refractivity contribution is 7.89. The molecule has 0 aliphatic rings. The van der Waals surface area contributed by atoms with E-state index in [2.05, 4.69) is 0 Å². The van der Waals surface area contributed by atoms with E-state index in [9.17, 15) is 13.2 Å². The van der Waals surface area contributed by atoms with Crippen LogP contribution in [0, 0.1) is 0 Å². The Morgan fingerprint density at radius 3 is 2.23 bits per heavy atom. The third-order valence-corrected chi connectivity index (χ3v) is 2.06. The lowest BCUT2D eigenvalue weighted by molar-refractivity contribution is 0.102. The molecule has 0 heterocycles. The first-order chi connectivity index (χ1) is 5.99. The molecule has 0 atom stereocenters. The van der Waals surface area contributed by atoms with E-state index in [0.717, 1.165) is 0 Å². The Bertz CT molecular complexity index is 397. The maximum Gasteiger partial charge on any atom is 0.232 e. The third kappa shape index (κ3) is 3.35. The number of nitrogens with one attached hydrogen (secondary N) is 1. The van der Waals surface area contributed by atoms with Gasteiger partial charge < -0.3 is 0 Å². The molecule has 1 aromatic rings. The second-order valence-electron chi connectivity index (χ2n) is 2.55. The number of ketones is 1. The molecule has 0 spiro atoms. The number of carbonyl (C=O) groups excluding carboxylic acids is 1. The number of carbonyl (C=O) groups is 1. The van der Waals surface area contributed by atoms with E-state index in [-0.39, 0.29) is 0 Å². The molecule has 4 nitrogen and oxygen atoms in total. The molecule has 69 valence electrons. The molecule has 0 aliphatic heterocycles. The van der Waals surface area contributed by atoms with Crippen molar-refractivity contribution in [3.05, 3.63) is 35.9 Å². The van der Waals surface area contributed by atoms with Crippen LogP contribution in [-0.2, 0) is 10.0 Å². The second-order valence-corrected chi connectivity index (χ2v) is 4.07. The van der Waals surface area contributed by atoms with Gasteiger partial charge in [-0.25, -0.2) is 8.42 Å². The summed E-state index contributed by atoms with van der Waals surface area (Å²) in [5, 5.41) is 6.56. The van der Waals surface area contributed by atoms with E-state index < -0.39 is 21.6 Å². The van der Waals surface area contributed by atoms with E-state index in [1.54, 1.807) is 18.2 Å². The average Bonchev–Trinajstić information content (AvgIpc) is 2.03. The molecule has 0 amide bonds. The first kappa shape index (κ1) is 9.88. The number of hydrogen-bond donors (Lipinski definition) is 0. The third-order valence-electron chi connectivity index (χ3n) is 1.42. The van der Waals surface area contributed by atoms with Crippen LogP contribution in [0.5, 0.6) is 0 Å². The van der Waals surface area contributed by atoms with Crippen LogP contribution in [0.1, 0.15) is 10.4 Å². The number of benzene rings is 1. The summed E-state index contributed by atoms with van der Waals surface area (Å²) in [6, 6.07) is 8.06. The van der Waals surface area contributed by atoms with Gasteiger partial charge in [0.1, 0.15) is 5.75 Å². The van der Waals surface area contributed by atoms with Crippen molar-refractivity contribution in [3.63, 3.8) is 0 Å². The molecule has 1 radical (unpaired) electrons. The van der Waals surface area contributed by atoms with Gasteiger partial charge in [-0.15, -0.1) is 5.14 Å². The van der Waals surface area contributed by atoms with Crippen molar-refractivity contribution in [2.45, 2.75) is 0 Å². The van der Waals surface area contributed by atoms with Crippen molar-refractivity contribution < 1.29 is 13.2 Å². The van der Waals surface area contributed by atoms with Gasteiger partial charge in [0.15, 0.2) is 5.78 Å². The number of sulfonamides is 1. The van der Waals surface area contributed by atoms with Crippen LogP contribution in [0.25, 0.3) is 0 Å². The fraction of sp³-hybridized carbons (Fsp3) is 0.125. The SMILES string of the molecule is [NH]S(=O)(=O)CC(=O)c1ccccc1. The lowest BCUT2D eigenvalue weighted by Gasteiger charge is -1.97. The van der Waals surface area contributed by atoms with Gasteiger partial charge in [0.25, 0.3) is 0 Å². The molecule has 1 N–H and O–H groups in total. The fourth-order valence-corrected chi connectivity index (χ4v) is 1.39. The first-order valence-corrected chi connectivity index (χ1v) is 5.20. The van der Waals surface area contributed by atoms with Crippen molar-refractivity contribution in [1.29, 1.82) is 0 Å². The molecule has 0 aromatic heterocycles. The quantitative estimate of drug-likeness (QED) is 0.663. The standard InChI is InChI=1S/C8H8NO3S/c9-13(11,12)6-8(10)7-4-2-1-3-5-7/h1-5,9H,6H2. The van der Waals surface area contributed by atoms with Crippen molar-refractivity contribution in [2.24, 2.45) is 0 Å². The highest BCUT2D eigenvalue weighted by atomic mass is 32.2. The second kappa shape index (κ2) is 3.68. The summed E-state index contributed by atoms with van der Waals surface area (Å²) in [5.74, 6) is -1.30. The van der Waals surface area contributed by atoms with E-state index in [4.69, 9.17) is 5.14 Å². The Balaban J connectivity index is 2.82. The Kier molecular flexibility index (Phi) is 2.79. The summed E-state index contributed by atoms with van der Waals surface area (Å²) in [4.78, 5) is 11.2. The Labute approximate surface area is 76.4 Å². The van der Waals surface area contributed by atoms with E-state index in [0.29, 0.717) is 5.56 Å². The van der Waals surface area contributed by atoms with Gasteiger partial charge in [-0.2, -0.15) is 0 Å². The summed E-state index contributed by atoms with van der Waals surface area (Å²) >= 11 is 0. The van der Waals surface area contributed by atoms with Gasteiger partial charge in [-0.3, -0.25) is 4.79 Å². The normalized spacial score (nSPS) is 11.2. The summed E-state index contributed by atoms with van der Waals surface area (Å²) in [6.45, 7) is 0. The Morgan fingerprint density at radius 2 is 1.77 bits per heavy atom. The van der Waals surface area contributed by atoms with Crippen LogP contribution in [0.4, 0.5) is 0 Å². The van der Waals surface area contributed by atoms with Crippen LogP contribution >= 0.6 is 0 Å². The molecule has 13 heavy (non-hydrogen) atoms. The monoisotopic (exact) mass is 198 g/mol. The molecule has 0 bridgehead atoms. The summed E-state index contributed by atoms with van der Waals surface area (Å²) in [7, 11) is -3.97. The van der Waals surface area contributed by atoms with Gasteiger partial charge >= 0.3 is 0 Å². The van der Waals surface area contributed by atoms with Crippen molar-refractivity contribution >= 4 is 15.8 Å². The van der Waals surface area contributed by atoms with Crippen molar-refractivity contribution in [1.82, 2.24) is 5.14 Å². The predicted molar refractivity (Wildman–Crippen MR) is 47.7 cm³/mol. The summed E-state index contributed by atoms with van der Waals surface area (Å²) in [6.07, 6.45) is 0. The minimum Gasteiger partial charge on any atom is -0.293 e. The lowest BCUT2D eigenvalue weighted by atomic mass is 10.2. The van der Waals surface area contributed by atoms with E-state index in [1.165, 1.54) is 12.1 Å². The van der Waals surface area contributed by atoms with Crippen LogP contribution in [0.2, 0.25) is 0 Å². The van der Waals surface area contributed by atoms with Gasteiger partial charge in [-0.05, 0) is 0 Å². The Hall–Kier alpha value is -1.20. The minimum atomic E-state index is -3.97. The van der Waals surface area contributed by atoms with Crippen molar-refractivity contribution in [2.75, 3.05) is 5.75 Å². The fourth-order valence-electron chi connectivity index (χ4n) is 0.880. The zero-order chi connectivity index (χ0) is 9.90. The van der Waals surface area contributed by atoms with Crippen LogP contribution in [-0.4, -0.2) is 20.0 Å². The van der Waals surface area contributed by atoms with Gasteiger partial charge in [0.05, 0.1) is 0 Å². The number of hydrogen-bond acceptors (Lipinski definition) is 3. The van der Waals surface area contributed by atoms with Crippen LogP contribution in [0.3, 0.4) is 0 Å². The maximum atomic E-state index is 11.2. The Morgan fingerprint density at radius 1 is 1.23 bits per heavy atom. The van der Waals surface area contributed by atoms with Crippen LogP contribution < -0.4 is 5.14 Å². The van der Waals surface area contributed by atoms with Crippen molar-refractivity contribution in [3.8, 4) is 0 Å². The molecular formula is C8H8NO3S. The molecule has 0 saturated carbocycles. The molecule has 5 heteroatoms. The molecule has 1 aromatic carbocycles. The van der Waals surface area contributed by atoms with E-state index in [1.807, 2.05) is 0 Å². The van der Waals surface area contributed by atoms with Crippen LogP contribution in [0.15, 0.2) is 30.3 Å². The first-order valence-electron chi connectivity index (χ1n) is 3.54. The predicted octanol–water partition coefficient (Wildman–Crippen LogP) is 0.482. The minimum absolute atomic E-state index is 0.318. The molecule has 1 rings (SSSR count). The summed E-state index contributed by atoms with van der Waals surface area (Å²) < 4.78 is 20.9. The van der Waals surface area contributed by atoms with Gasteiger partial charge in [0, 0.05) is 5.56 Å². The highest BCUT2D eigenvalue weighted by Crippen LogP contribution is 2.01. The molecule has 0 saturated heterocycles. The number of rotatable bonds is 3. The highest BCUT2D eigenvalue weighted by Gasteiger charge is 2.13. The molecule has 0 aliphatic carbocycles. The zero-order valence-electron chi connectivity index (χ0n) is 6.73. The molecular weight excluding hydrogens is 190 g/mol. The maximum absolute atomic E-state index is 11.2. The van der Waals surface area contributed by atoms with E-state index >= 15 is 0 Å². The zero-order valence-corrected chi connectivity index (χ0v) is 7.54. The smallest absolute Gasteiger partial charge is 0.232 e. The van der Waals surface area contributed by atoms with Gasteiger partial charge in [0.2, 0.25) is 10.0 Å². The lowest BCUT2D eigenvalue weighted by Crippen LogP contribution is -2.16. The molecule has 0 unspecified atom stereocenters. The summed E-state index contributed by atoms with van der Waals surface area (Å²) in [5.41, 5.74) is 0.318. The number of Topliss-reactive ketones (excluding diaryl/α,β-unsaturated/α-hetero) is 1. The van der Waals surface area contributed by atoms with Gasteiger partial charge in [-0.1, -0.05) is 30.3 Å². The average molecular weight is 198 g/mol. The molecule has 0 fully saturated rings. The topological polar surface area (TPSA) is 75.0 Å².